The standard InChI is InChI=1S/C19H18ClN3OS/c1-13-10-18(22-23(13)12-14-6-4-3-5-7-14)21-19(24)16-11-15(25-2)8-9-17(16)20/h3-11H,12H2,1-2H3,(H,21,22,24). The maximum atomic E-state index is 12.5. The van der Waals surface area contributed by atoms with E-state index in [9.17, 15) is 4.79 Å². The van der Waals surface area contributed by atoms with Crippen molar-refractivity contribution in [2.75, 3.05) is 11.6 Å². The molecule has 0 spiro atoms. The molecule has 128 valence electrons. The van der Waals surface area contributed by atoms with Gasteiger partial charge in [-0.25, -0.2) is 0 Å². The molecule has 1 N–H and O–H groups in total. The van der Waals surface area contributed by atoms with Crippen molar-refractivity contribution in [3.05, 3.63) is 76.4 Å². The summed E-state index contributed by atoms with van der Waals surface area (Å²) >= 11 is 7.73. The minimum Gasteiger partial charge on any atom is -0.305 e. The van der Waals surface area contributed by atoms with E-state index in [1.165, 1.54) is 0 Å². The molecule has 0 atom stereocenters. The molecule has 0 fully saturated rings. The van der Waals surface area contributed by atoms with Gasteiger partial charge in [0.15, 0.2) is 5.82 Å². The molecule has 2 aromatic carbocycles. The number of hydrogen-bond acceptors (Lipinski definition) is 3. The number of rotatable bonds is 5. The average Bonchev–Trinajstić information content (AvgIpc) is 2.95. The zero-order chi connectivity index (χ0) is 17.8. The molecule has 0 aliphatic carbocycles. The topological polar surface area (TPSA) is 46.9 Å². The summed E-state index contributed by atoms with van der Waals surface area (Å²) in [6.45, 7) is 2.62. The van der Waals surface area contributed by atoms with E-state index in [0.29, 0.717) is 22.9 Å². The molecule has 0 saturated carbocycles. The number of halogens is 1. The van der Waals surface area contributed by atoms with E-state index in [1.54, 1.807) is 23.9 Å². The molecule has 1 aromatic heterocycles. The van der Waals surface area contributed by atoms with Crippen molar-refractivity contribution >= 4 is 35.1 Å². The van der Waals surface area contributed by atoms with Gasteiger partial charge in [0.05, 0.1) is 17.1 Å². The number of nitrogens with zero attached hydrogens (tertiary/aromatic N) is 2. The molecular weight excluding hydrogens is 354 g/mol. The highest BCUT2D eigenvalue weighted by Crippen LogP contribution is 2.24. The van der Waals surface area contributed by atoms with Gasteiger partial charge in [-0.15, -0.1) is 11.8 Å². The van der Waals surface area contributed by atoms with Gasteiger partial charge in [0.1, 0.15) is 0 Å². The third-order valence-electron chi connectivity index (χ3n) is 3.82. The number of benzene rings is 2. The Balaban J connectivity index is 1.77. The molecule has 0 unspecified atom stereocenters. The van der Waals surface area contributed by atoms with Crippen LogP contribution in [0.15, 0.2) is 59.5 Å². The van der Waals surface area contributed by atoms with Crippen molar-refractivity contribution in [2.45, 2.75) is 18.4 Å². The smallest absolute Gasteiger partial charge is 0.258 e. The normalized spacial score (nSPS) is 10.7. The predicted octanol–water partition coefficient (Wildman–Crippen LogP) is 4.87. The summed E-state index contributed by atoms with van der Waals surface area (Å²) in [6.07, 6.45) is 1.96. The number of aryl methyl sites for hydroxylation is 1. The van der Waals surface area contributed by atoms with E-state index >= 15 is 0 Å². The van der Waals surface area contributed by atoms with Gasteiger partial charge in [-0.1, -0.05) is 41.9 Å². The van der Waals surface area contributed by atoms with Crippen LogP contribution in [0.5, 0.6) is 0 Å². The van der Waals surface area contributed by atoms with Gasteiger partial charge in [0, 0.05) is 16.7 Å². The number of hydrogen-bond donors (Lipinski definition) is 1. The Morgan fingerprint density at radius 1 is 1.20 bits per heavy atom. The molecule has 4 nitrogen and oxygen atoms in total. The number of amides is 1. The fourth-order valence-corrected chi connectivity index (χ4v) is 3.12. The van der Waals surface area contributed by atoms with Crippen molar-refractivity contribution < 1.29 is 4.79 Å². The molecule has 6 heteroatoms. The number of anilines is 1. The van der Waals surface area contributed by atoms with Crippen LogP contribution in [0, 0.1) is 6.92 Å². The van der Waals surface area contributed by atoms with Gasteiger partial charge >= 0.3 is 0 Å². The van der Waals surface area contributed by atoms with Crippen LogP contribution in [0.4, 0.5) is 5.82 Å². The van der Waals surface area contributed by atoms with Gasteiger partial charge in [-0.2, -0.15) is 5.10 Å². The molecule has 1 amide bonds. The summed E-state index contributed by atoms with van der Waals surface area (Å²) < 4.78 is 1.87. The summed E-state index contributed by atoms with van der Waals surface area (Å²) in [4.78, 5) is 13.5. The van der Waals surface area contributed by atoms with E-state index in [0.717, 1.165) is 16.2 Å². The summed E-state index contributed by atoms with van der Waals surface area (Å²) in [5.74, 6) is 0.259. The number of nitrogens with one attached hydrogen (secondary N) is 1. The monoisotopic (exact) mass is 371 g/mol. The van der Waals surface area contributed by atoms with E-state index in [4.69, 9.17) is 11.6 Å². The van der Waals surface area contributed by atoms with Crippen LogP contribution in [0.25, 0.3) is 0 Å². The maximum Gasteiger partial charge on any atom is 0.258 e. The molecule has 3 rings (SSSR count). The Bertz CT molecular complexity index is 893. The Kier molecular flexibility index (Phi) is 5.46. The third kappa shape index (κ3) is 4.24. The lowest BCUT2D eigenvalue weighted by atomic mass is 10.2. The van der Waals surface area contributed by atoms with Crippen LogP contribution in [0.2, 0.25) is 5.02 Å². The maximum absolute atomic E-state index is 12.5. The van der Waals surface area contributed by atoms with Crippen LogP contribution in [-0.2, 0) is 6.54 Å². The largest absolute Gasteiger partial charge is 0.305 e. The SMILES string of the molecule is CSc1ccc(Cl)c(C(=O)Nc2cc(C)n(Cc3ccccc3)n2)c1. The Labute approximate surface area is 156 Å². The summed E-state index contributed by atoms with van der Waals surface area (Å²) in [7, 11) is 0. The lowest BCUT2D eigenvalue weighted by molar-refractivity contribution is 0.102. The highest BCUT2D eigenvalue weighted by molar-refractivity contribution is 7.98. The van der Waals surface area contributed by atoms with Gasteiger partial charge < -0.3 is 5.32 Å². The second-order valence-corrected chi connectivity index (χ2v) is 6.90. The van der Waals surface area contributed by atoms with Crippen molar-refractivity contribution in [3.63, 3.8) is 0 Å². The highest BCUT2D eigenvalue weighted by Gasteiger charge is 2.14. The van der Waals surface area contributed by atoms with E-state index < -0.39 is 0 Å². The minimum atomic E-state index is -0.259. The minimum absolute atomic E-state index is 0.259. The molecule has 3 aromatic rings. The molecule has 25 heavy (non-hydrogen) atoms. The molecule has 1 heterocycles. The van der Waals surface area contributed by atoms with Crippen LogP contribution in [0.3, 0.4) is 0 Å². The molecule has 0 aliphatic heterocycles. The molecule has 0 bridgehead atoms. The molecule has 0 saturated heterocycles. The molecule has 0 aliphatic rings. The molecular formula is C19H18ClN3OS. The van der Waals surface area contributed by atoms with Crippen LogP contribution >= 0.6 is 23.4 Å². The number of thioether (sulfide) groups is 1. The van der Waals surface area contributed by atoms with Crippen molar-refractivity contribution in [1.29, 1.82) is 0 Å². The van der Waals surface area contributed by atoms with Crippen molar-refractivity contribution in [2.24, 2.45) is 0 Å². The number of aromatic nitrogens is 2. The fourth-order valence-electron chi connectivity index (χ4n) is 2.48. The molecule has 0 radical (unpaired) electrons. The van der Waals surface area contributed by atoms with E-state index in [2.05, 4.69) is 10.4 Å². The van der Waals surface area contributed by atoms with Crippen molar-refractivity contribution in [1.82, 2.24) is 9.78 Å². The first-order valence-corrected chi connectivity index (χ1v) is 9.40. The first-order chi connectivity index (χ1) is 12.1. The first kappa shape index (κ1) is 17.6. The fraction of sp³-hybridized carbons (Fsp3) is 0.158. The van der Waals surface area contributed by atoms with Gasteiger partial charge in [-0.3, -0.25) is 9.48 Å². The van der Waals surface area contributed by atoms with Crippen LogP contribution in [-0.4, -0.2) is 21.9 Å². The van der Waals surface area contributed by atoms with E-state index in [-0.39, 0.29) is 5.91 Å². The van der Waals surface area contributed by atoms with Gasteiger partial charge in [0.25, 0.3) is 5.91 Å². The Morgan fingerprint density at radius 2 is 1.96 bits per heavy atom. The predicted molar refractivity (Wildman–Crippen MR) is 104 cm³/mol. The first-order valence-electron chi connectivity index (χ1n) is 7.80. The second-order valence-electron chi connectivity index (χ2n) is 5.61. The van der Waals surface area contributed by atoms with Crippen LogP contribution < -0.4 is 5.32 Å². The number of carbonyl (C=O) groups excluding carboxylic acids is 1. The Morgan fingerprint density at radius 3 is 2.68 bits per heavy atom. The van der Waals surface area contributed by atoms with Gasteiger partial charge in [-0.05, 0) is 36.9 Å². The zero-order valence-electron chi connectivity index (χ0n) is 14.0. The Hall–Kier alpha value is -2.24. The third-order valence-corrected chi connectivity index (χ3v) is 4.87. The quantitative estimate of drug-likeness (QED) is 0.651. The van der Waals surface area contributed by atoms with E-state index in [1.807, 2.05) is 60.3 Å². The lowest BCUT2D eigenvalue weighted by Crippen LogP contribution is -2.13. The average molecular weight is 372 g/mol. The van der Waals surface area contributed by atoms with Crippen LogP contribution in [0.1, 0.15) is 21.6 Å². The summed E-state index contributed by atoms with van der Waals surface area (Å²) in [6, 6.07) is 17.3. The zero-order valence-corrected chi connectivity index (χ0v) is 15.6. The summed E-state index contributed by atoms with van der Waals surface area (Å²) in [5, 5.41) is 7.74. The van der Waals surface area contributed by atoms with Gasteiger partial charge in [0.2, 0.25) is 0 Å². The second kappa shape index (κ2) is 7.76. The summed E-state index contributed by atoms with van der Waals surface area (Å²) in [5.41, 5.74) is 2.58. The highest BCUT2D eigenvalue weighted by atomic mass is 35.5. The number of carbonyl (C=O) groups is 1. The lowest BCUT2D eigenvalue weighted by Gasteiger charge is -2.06. The van der Waals surface area contributed by atoms with Crippen molar-refractivity contribution in [3.8, 4) is 0 Å².